The van der Waals surface area contributed by atoms with Crippen LogP contribution >= 0.6 is 0 Å². The third-order valence-corrected chi connectivity index (χ3v) is 2.56. The summed E-state index contributed by atoms with van der Waals surface area (Å²) in [6.07, 6.45) is 1.63. The Morgan fingerprint density at radius 1 is 1.47 bits per heavy atom. The van der Waals surface area contributed by atoms with Gasteiger partial charge in [-0.2, -0.15) is 5.26 Å². The molecule has 0 amide bonds. The van der Waals surface area contributed by atoms with Crippen molar-refractivity contribution in [2.24, 2.45) is 0 Å². The summed E-state index contributed by atoms with van der Waals surface area (Å²) in [6, 6.07) is 9.64. The average molecular weight is 227 g/mol. The molecule has 1 heterocycles. The first kappa shape index (κ1) is 11.4. The zero-order chi connectivity index (χ0) is 12.3. The lowest BCUT2D eigenvalue weighted by molar-refractivity contribution is 0.281. The summed E-state index contributed by atoms with van der Waals surface area (Å²) in [5.41, 5.74) is 1.36. The fourth-order valence-corrected chi connectivity index (χ4v) is 1.69. The normalized spacial score (nSPS) is 12.1. The molecule has 4 heteroatoms. The van der Waals surface area contributed by atoms with Gasteiger partial charge in [-0.15, -0.1) is 0 Å². The zero-order valence-electron chi connectivity index (χ0n) is 9.51. The number of nitrogens with one attached hydrogen (secondary N) is 1. The van der Waals surface area contributed by atoms with Gasteiger partial charge in [-0.1, -0.05) is 0 Å². The third kappa shape index (κ3) is 2.35. The van der Waals surface area contributed by atoms with E-state index in [2.05, 4.69) is 16.4 Å². The van der Waals surface area contributed by atoms with Crippen LogP contribution in [0.25, 0.3) is 10.8 Å². The Morgan fingerprint density at radius 3 is 3.00 bits per heavy atom. The molecule has 0 spiro atoms. The third-order valence-electron chi connectivity index (χ3n) is 2.56. The maximum atomic E-state index is 8.98. The van der Waals surface area contributed by atoms with Crippen LogP contribution in [0.15, 0.2) is 30.5 Å². The maximum absolute atomic E-state index is 8.98. The second kappa shape index (κ2) is 4.81. The van der Waals surface area contributed by atoms with Crippen molar-refractivity contribution < 1.29 is 5.11 Å². The smallest absolute Gasteiger partial charge is 0.148 e. The number of anilines is 1. The summed E-state index contributed by atoms with van der Waals surface area (Å²) >= 11 is 0. The van der Waals surface area contributed by atoms with Crippen molar-refractivity contribution in [1.29, 1.82) is 5.26 Å². The van der Waals surface area contributed by atoms with Crippen LogP contribution in [0.4, 0.5) is 5.69 Å². The van der Waals surface area contributed by atoms with Crippen LogP contribution in [-0.4, -0.2) is 22.7 Å². The van der Waals surface area contributed by atoms with Crippen molar-refractivity contribution >= 4 is 16.5 Å². The van der Waals surface area contributed by atoms with Gasteiger partial charge in [0.2, 0.25) is 0 Å². The van der Waals surface area contributed by atoms with Crippen LogP contribution < -0.4 is 5.32 Å². The molecule has 2 N–H and O–H groups in total. The van der Waals surface area contributed by atoms with E-state index in [1.165, 1.54) is 0 Å². The van der Waals surface area contributed by atoms with E-state index in [1.807, 2.05) is 31.2 Å². The molecule has 0 saturated carbocycles. The van der Waals surface area contributed by atoms with Crippen molar-refractivity contribution in [3.63, 3.8) is 0 Å². The van der Waals surface area contributed by atoms with Crippen molar-refractivity contribution in [3.8, 4) is 6.07 Å². The lowest BCUT2D eigenvalue weighted by atomic mass is 10.1. The summed E-state index contributed by atoms with van der Waals surface area (Å²) in [4.78, 5) is 4.01. The van der Waals surface area contributed by atoms with Gasteiger partial charge < -0.3 is 10.4 Å². The highest BCUT2D eigenvalue weighted by Gasteiger charge is 2.04. The predicted molar refractivity (Wildman–Crippen MR) is 66.6 cm³/mol. The minimum absolute atomic E-state index is 0.00437. The van der Waals surface area contributed by atoms with E-state index < -0.39 is 0 Å². The molecule has 17 heavy (non-hydrogen) atoms. The molecule has 86 valence electrons. The number of hydrogen-bond acceptors (Lipinski definition) is 4. The molecule has 0 saturated heterocycles. The van der Waals surface area contributed by atoms with Crippen molar-refractivity contribution in [2.75, 3.05) is 11.9 Å². The molecule has 1 atom stereocenters. The average Bonchev–Trinajstić information content (AvgIpc) is 2.37. The number of nitriles is 1. The Bertz CT molecular complexity index is 574. The molecular weight excluding hydrogens is 214 g/mol. The number of hydrogen-bond donors (Lipinski definition) is 2. The van der Waals surface area contributed by atoms with Gasteiger partial charge in [-0.25, -0.2) is 4.98 Å². The SMILES string of the molecule is CC(CO)Nc1ccc2c(C#N)nccc2c1. The predicted octanol–water partition coefficient (Wildman–Crippen LogP) is 1.90. The first-order valence-corrected chi connectivity index (χ1v) is 5.41. The van der Waals surface area contributed by atoms with E-state index in [0.717, 1.165) is 16.5 Å². The summed E-state index contributed by atoms with van der Waals surface area (Å²) in [5.74, 6) is 0. The largest absolute Gasteiger partial charge is 0.394 e. The second-order valence-electron chi connectivity index (χ2n) is 3.94. The number of fused-ring (bicyclic) bond motifs is 1. The van der Waals surface area contributed by atoms with Crippen LogP contribution in [-0.2, 0) is 0 Å². The van der Waals surface area contributed by atoms with Gasteiger partial charge in [0.15, 0.2) is 0 Å². The van der Waals surface area contributed by atoms with Crippen molar-refractivity contribution in [3.05, 3.63) is 36.2 Å². The van der Waals surface area contributed by atoms with Crippen LogP contribution in [0.5, 0.6) is 0 Å². The molecule has 4 nitrogen and oxygen atoms in total. The first-order chi connectivity index (χ1) is 8.24. The molecule has 0 aliphatic heterocycles. The first-order valence-electron chi connectivity index (χ1n) is 5.41. The van der Waals surface area contributed by atoms with E-state index in [1.54, 1.807) is 6.20 Å². The molecule has 2 aromatic rings. The number of aliphatic hydroxyl groups excluding tert-OH is 1. The maximum Gasteiger partial charge on any atom is 0.148 e. The van der Waals surface area contributed by atoms with Crippen LogP contribution in [0.1, 0.15) is 12.6 Å². The second-order valence-corrected chi connectivity index (χ2v) is 3.94. The number of benzene rings is 1. The lowest BCUT2D eigenvalue weighted by Gasteiger charge is -2.12. The molecule has 0 aliphatic carbocycles. The van der Waals surface area contributed by atoms with Crippen molar-refractivity contribution in [1.82, 2.24) is 4.98 Å². The molecule has 0 aliphatic rings. The Balaban J connectivity index is 2.42. The van der Waals surface area contributed by atoms with Crippen molar-refractivity contribution in [2.45, 2.75) is 13.0 Å². The lowest BCUT2D eigenvalue weighted by Crippen LogP contribution is -2.19. The zero-order valence-corrected chi connectivity index (χ0v) is 9.51. The summed E-state index contributed by atoms with van der Waals surface area (Å²) in [5, 5.41) is 22.9. The van der Waals surface area contributed by atoms with Gasteiger partial charge in [0.05, 0.1) is 6.61 Å². The van der Waals surface area contributed by atoms with E-state index in [-0.39, 0.29) is 12.6 Å². The molecular formula is C13H13N3O. The highest BCUT2D eigenvalue weighted by molar-refractivity contribution is 5.89. The molecule has 0 bridgehead atoms. The Morgan fingerprint density at radius 2 is 2.29 bits per heavy atom. The van der Waals surface area contributed by atoms with Crippen LogP contribution in [0.2, 0.25) is 0 Å². The number of aromatic nitrogens is 1. The summed E-state index contributed by atoms with van der Waals surface area (Å²) in [7, 11) is 0. The van der Waals surface area contributed by atoms with E-state index in [0.29, 0.717) is 5.69 Å². The van der Waals surface area contributed by atoms with E-state index in [9.17, 15) is 0 Å². The van der Waals surface area contributed by atoms with Gasteiger partial charge in [-0.05, 0) is 36.6 Å². The van der Waals surface area contributed by atoms with Gasteiger partial charge in [0.25, 0.3) is 0 Å². The number of aliphatic hydroxyl groups is 1. The van der Waals surface area contributed by atoms with Crippen LogP contribution in [0.3, 0.4) is 0 Å². The highest BCUT2D eigenvalue weighted by atomic mass is 16.3. The van der Waals surface area contributed by atoms with Gasteiger partial charge in [0, 0.05) is 23.3 Å². The molecule has 1 unspecified atom stereocenters. The van der Waals surface area contributed by atoms with Gasteiger partial charge in [-0.3, -0.25) is 0 Å². The molecule has 1 aromatic carbocycles. The Labute approximate surface area is 99.5 Å². The van der Waals surface area contributed by atoms with Crippen LogP contribution in [0, 0.1) is 11.3 Å². The minimum Gasteiger partial charge on any atom is -0.394 e. The monoisotopic (exact) mass is 227 g/mol. The fourth-order valence-electron chi connectivity index (χ4n) is 1.69. The van der Waals surface area contributed by atoms with E-state index >= 15 is 0 Å². The van der Waals surface area contributed by atoms with E-state index in [4.69, 9.17) is 10.4 Å². The van der Waals surface area contributed by atoms with Gasteiger partial charge in [0.1, 0.15) is 11.8 Å². The molecule has 1 aromatic heterocycles. The standard InChI is InChI=1S/C13H13N3O/c1-9(8-17)16-11-2-3-12-10(6-11)4-5-15-13(12)7-14/h2-6,9,16-17H,8H2,1H3. The quantitative estimate of drug-likeness (QED) is 0.840. The summed E-state index contributed by atoms with van der Waals surface area (Å²) < 4.78 is 0. The Hall–Kier alpha value is -2.12. The molecule has 0 fully saturated rings. The minimum atomic E-state index is 0.00437. The summed E-state index contributed by atoms with van der Waals surface area (Å²) in [6.45, 7) is 1.98. The molecule has 2 rings (SSSR count). The number of pyridine rings is 1. The number of rotatable bonds is 3. The Kier molecular flexibility index (Phi) is 3.22. The van der Waals surface area contributed by atoms with Gasteiger partial charge >= 0.3 is 0 Å². The highest BCUT2D eigenvalue weighted by Crippen LogP contribution is 2.21. The topological polar surface area (TPSA) is 68.9 Å². The fraction of sp³-hybridized carbons (Fsp3) is 0.231. The number of nitrogens with zero attached hydrogens (tertiary/aromatic N) is 2. The molecule has 0 radical (unpaired) electrons.